The summed E-state index contributed by atoms with van der Waals surface area (Å²) in [4.78, 5) is 8.66. The van der Waals surface area contributed by atoms with E-state index in [0.717, 1.165) is 21.4 Å². The van der Waals surface area contributed by atoms with Gasteiger partial charge in [-0.25, -0.2) is 9.97 Å². The molecule has 2 rings (SSSR count). The van der Waals surface area contributed by atoms with Crippen LogP contribution in [0, 0.1) is 10.5 Å². The van der Waals surface area contributed by atoms with E-state index in [4.69, 9.17) is 5.73 Å². The highest BCUT2D eigenvalue weighted by molar-refractivity contribution is 14.1. The number of anilines is 1. The molecule has 0 bridgehead atoms. The van der Waals surface area contributed by atoms with Crippen molar-refractivity contribution in [1.82, 2.24) is 19.7 Å². The number of aromatic nitrogens is 4. The standard InChI is InChI=1S/C10H12IN5/c1-3-16-5-7(4-13-16)10-14-6(2)8(11)9(12)15-10/h4-5H,3H2,1-2H3,(H2,12,14,15). The fourth-order valence-corrected chi connectivity index (χ4v) is 1.60. The van der Waals surface area contributed by atoms with Gasteiger partial charge in [0.15, 0.2) is 5.82 Å². The number of nitrogens with zero attached hydrogens (tertiary/aromatic N) is 4. The summed E-state index contributed by atoms with van der Waals surface area (Å²) in [6.45, 7) is 4.79. The van der Waals surface area contributed by atoms with Crippen molar-refractivity contribution in [2.45, 2.75) is 20.4 Å². The number of hydrogen-bond acceptors (Lipinski definition) is 4. The molecule has 0 unspecified atom stereocenters. The smallest absolute Gasteiger partial charge is 0.164 e. The first-order valence-electron chi connectivity index (χ1n) is 4.94. The molecule has 5 nitrogen and oxygen atoms in total. The van der Waals surface area contributed by atoms with Crippen LogP contribution in [0.2, 0.25) is 0 Å². The number of halogens is 1. The summed E-state index contributed by atoms with van der Waals surface area (Å²) in [6.07, 6.45) is 3.67. The predicted octanol–water partition coefficient (Wildman–Crippen LogP) is 1.86. The molecule has 0 aromatic carbocycles. The Balaban J connectivity index is 2.48. The van der Waals surface area contributed by atoms with Gasteiger partial charge >= 0.3 is 0 Å². The number of nitrogen functional groups attached to an aromatic ring is 1. The monoisotopic (exact) mass is 329 g/mol. The zero-order valence-corrected chi connectivity index (χ0v) is 11.3. The molecule has 84 valence electrons. The maximum Gasteiger partial charge on any atom is 0.164 e. The maximum absolute atomic E-state index is 5.81. The molecule has 0 radical (unpaired) electrons. The lowest BCUT2D eigenvalue weighted by molar-refractivity contribution is 0.660. The van der Waals surface area contributed by atoms with Gasteiger partial charge < -0.3 is 5.73 Å². The number of aryl methyl sites for hydroxylation is 2. The Bertz CT molecular complexity index is 497. The lowest BCUT2D eigenvalue weighted by Crippen LogP contribution is -2.01. The first-order valence-corrected chi connectivity index (χ1v) is 6.02. The van der Waals surface area contributed by atoms with Crippen molar-refractivity contribution in [1.29, 1.82) is 0 Å². The van der Waals surface area contributed by atoms with Gasteiger partial charge in [-0.05, 0) is 36.4 Å². The Hall–Kier alpha value is -1.18. The van der Waals surface area contributed by atoms with E-state index in [1.165, 1.54) is 0 Å². The predicted molar refractivity (Wildman–Crippen MR) is 70.8 cm³/mol. The Labute approximate surface area is 107 Å². The van der Waals surface area contributed by atoms with Gasteiger partial charge in [0.1, 0.15) is 5.82 Å². The van der Waals surface area contributed by atoms with Crippen LogP contribution in [0.25, 0.3) is 11.4 Å². The van der Waals surface area contributed by atoms with Crippen LogP contribution < -0.4 is 5.73 Å². The first-order chi connectivity index (χ1) is 7.61. The Morgan fingerprint density at radius 3 is 2.75 bits per heavy atom. The summed E-state index contributed by atoms with van der Waals surface area (Å²) < 4.78 is 2.74. The van der Waals surface area contributed by atoms with E-state index >= 15 is 0 Å². The van der Waals surface area contributed by atoms with E-state index < -0.39 is 0 Å². The third-order valence-corrected chi connectivity index (χ3v) is 3.59. The fraction of sp³-hybridized carbons (Fsp3) is 0.300. The van der Waals surface area contributed by atoms with Crippen LogP contribution in [0.15, 0.2) is 12.4 Å². The quantitative estimate of drug-likeness (QED) is 0.854. The summed E-state index contributed by atoms with van der Waals surface area (Å²) in [5, 5.41) is 4.19. The van der Waals surface area contributed by atoms with Gasteiger partial charge in [-0.1, -0.05) is 0 Å². The molecular formula is C10H12IN5. The molecule has 16 heavy (non-hydrogen) atoms. The van der Waals surface area contributed by atoms with Crippen molar-refractivity contribution < 1.29 is 0 Å². The minimum atomic E-state index is 0.521. The molecule has 0 spiro atoms. The van der Waals surface area contributed by atoms with Crippen LogP contribution in [0.4, 0.5) is 5.82 Å². The number of nitrogens with two attached hydrogens (primary N) is 1. The van der Waals surface area contributed by atoms with Crippen LogP contribution in [0.5, 0.6) is 0 Å². The van der Waals surface area contributed by atoms with E-state index in [1.54, 1.807) is 6.20 Å². The number of hydrogen-bond donors (Lipinski definition) is 1. The normalized spacial score (nSPS) is 10.7. The summed E-state index contributed by atoms with van der Waals surface area (Å²) in [6, 6.07) is 0. The van der Waals surface area contributed by atoms with Crippen molar-refractivity contribution in [3.8, 4) is 11.4 Å². The molecule has 0 saturated heterocycles. The van der Waals surface area contributed by atoms with Crippen LogP contribution in [0.1, 0.15) is 12.6 Å². The molecule has 0 aliphatic rings. The highest BCUT2D eigenvalue weighted by Gasteiger charge is 2.09. The molecule has 0 aliphatic heterocycles. The molecule has 0 atom stereocenters. The van der Waals surface area contributed by atoms with E-state index in [2.05, 4.69) is 37.7 Å². The minimum Gasteiger partial charge on any atom is -0.383 e. The highest BCUT2D eigenvalue weighted by atomic mass is 127. The Morgan fingerprint density at radius 1 is 1.44 bits per heavy atom. The van der Waals surface area contributed by atoms with Crippen molar-refractivity contribution >= 4 is 28.4 Å². The Morgan fingerprint density at radius 2 is 2.19 bits per heavy atom. The molecule has 6 heteroatoms. The summed E-state index contributed by atoms with van der Waals surface area (Å²) in [7, 11) is 0. The van der Waals surface area contributed by atoms with Gasteiger partial charge in [0.05, 0.1) is 21.0 Å². The second kappa shape index (κ2) is 4.36. The minimum absolute atomic E-state index is 0.521. The molecule has 2 heterocycles. The lowest BCUT2D eigenvalue weighted by Gasteiger charge is -2.03. The lowest BCUT2D eigenvalue weighted by atomic mass is 10.3. The molecule has 2 aromatic rings. The largest absolute Gasteiger partial charge is 0.383 e. The van der Waals surface area contributed by atoms with Gasteiger partial charge in [-0.2, -0.15) is 5.10 Å². The average molecular weight is 329 g/mol. The van der Waals surface area contributed by atoms with Crippen molar-refractivity contribution in [3.63, 3.8) is 0 Å². The molecule has 0 saturated carbocycles. The summed E-state index contributed by atoms with van der Waals surface area (Å²) >= 11 is 2.15. The molecular weight excluding hydrogens is 317 g/mol. The van der Waals surface area contributed by atoms with Gasteiger partial charge in [-0.3, -0.25) is 4.68 Å². The van der Waals surface area contributed by atoms with E-state index in [9.17, 15) is 0 Å². The average Bonchev–Trinajstić information content (AvgIpc) is 2.73. The second-order valence-electron chi connectivity index (χ2n) is 3.42. The second-order valence-corrected chi connectivity index (χ2v) is 4.50. The topological polar surface area (TPSA) is 69.6 Å². The molecule has 0 amide bonds. The molecule has 2 N–H and O–H groups in total. The van der Waals surface area contributed by atoms with Crippen LogP contribution >= 0.6 is 22.6 Å². The third kappa shape index (κ3) is 2.01. The van der Waals surface area contributed by atoms with Crippen LogP contribution in [-0.2, 0) is 6.54 Å². The Kier molecular flexibility index (Phi) is 3.08. The van der Waals surface area contributed by atoms with Gasteiger partial charge in [0.2, 0.25) is 0 Å². The fourth-order valence-electron chi connectivity index (χ4n) is 1.36. The van der Waals surface area contributed by atoms with Crippen molar-refractivity contribution in [2.24, 2.45) is 0 Å². The SMILES string of the molecule is CCn1cc(-c2nc(C)c(I)c(N)n2)cn1. The number of rotatable bonds is 2. The zero-order valence-electron chi connectivity index (χ0n) is 9.11. The molecule has 2 aromatic heterocycles. The maximum atomic E-state index is 5.81. The van der Waals surface area contributed by atoms with Gasteiger partial charge in [0, 0.05) is 12.7 Å². The van der Waals surface area contributed by atoms with E-state index in [-0.39, 0.29) is 0 Å². The summed E-state index contributed by atoms with van der Waals surface area (Å²) in [5.74, 6) is 1.16. The highest BCUT2D eigenvalue weighted by Crippen LogP contribution is 2.21. The molecule has 0 fully saturated rings. The first kappa shape index (κ1) is 11.3. The van der Waals surface area contributed by atoms with Gasteiger partial charge in [-0.15, -0.1) is 0 Å². The van der Waals surface area contributed by atoms with Gasteiger partial charge in [0.25, 0.3) is 0 Å². The van der Waals surface area contributed by atoms with E-state index in [0.29, 0.717) is 11.6 Å². The third-order valence-electron chi connectivity index (χ3n) is 2.26. The van der Waals surface area contributed by atoms with E-state index in [1.807, 2.05) is 24.7 Å². The summed E-state index contributed by atoms with van der Waals surface area (Å²) in [5.41, 5.74) is 7.60. The molecule has 0 aliphatic carbocycles. The van der Waals surface area contributed by atoms with Crippen molar-refractivity contribution in [2.75, 3.05) is 5.73 Å². The van der Waals surface area contributed by atoms with Crippen molar-refractivity contribution in [3.05, 3.63) is 21.7 Å². The zero-order chi connectivity index (χ0) is 11.7. The van der Waals surface area contributed by atoms with Crippen LogP contribution in [-0.4, -0.2) is 19.7 Å². The van der Waals surface area contributed by atoms with Crippen LogP contribution in [0.3, 0.4) is 0 Å².